The van der Waals surface area contributed by atoms with E-state index >= 15 is 0 Å². The van der Waals surface area contributed by atoms with Crippen LogP contribution in [0.15, 0.2) is 40.8 Å². The molecule has 1 aliphatic heterocycles. The highest BCUT2D eigenvalue weighted by Gasteiger charge is 2.44. The molecule has 0 spiro atoms. The molecule has 1 aliphatic carbocycles. The molecule has 0 radical (unpaired) electrons. The summed E-state index contributed by atoms with van der Waals surface area (Å²) < 4.78 is 10.9. The van der Waals surface area contributed by atoms with Gasteiger partial charge in [-0.25, -0.2) is 4.79 Å². The van der Waals surface area contributed by atoms with E-state index in [0.29, 0.717) is 30.8 Å². The molecule has 1 aromatic rings. The number of hydrogen-bond donors (Lipinski definition) is 1. The molecule has 0 aromatic carbocycles. The van der Waals surface area contributed by atoms with E-state index in [0.717, 1.165) is 24.1 Å². The molecule has 144 valence electrons. The molecular formula is C20H25N3O4. The van der Waals surface area contributed by atoms with Gasteiger partial charge in [0, 0.05) is 37.0 Å². The molecule has 2 heterocycles. The molecule has 7 nitrogen and oxygen atoms in total. The highest BCUT2D eigenvalue weighted by Crippen LogP contribution is 2.43. The van der Waals surface area contributed by atoms with Crippen LogP contribution in [-0.2, 0) is 19.1 Å². The molecule has 0 bridgehead atoms. The van der Waals surface area contributed by atoms with Gasteiger partial charge < -0.3 is 15.2 Å². The Morgan fingerprint density at radius 3 is 2.89 bits per heavy atom. The van der Waals surface area contributed by atoms with Gasteiger partial charge in [-0.15, -0.1) is 0 Å². The number of rotatable bonds is 7. The highest BCUT2D eigenvalue weighted by molar-refractivity contribution is 6.11. The van der Waals surface area contributed by atoms with Crippen molar-refractivity contribution >= 4 is 17.5 Å². The number of ether oxygens (including phenoxy) is 2. The molecule has 3 rings (SSSR count). The van der Waals surface area contributed by atoms with Gasteiger partial charge in [0.05, 0.1) is 37.0 Å². The maximum atomic E-state index is 12.8. The van der Waals surface area contributed by atoms with Crippen molar-refractivity contribution in [2.45, 2.75) is 32.1 Å². The molecule has 2 atom stereocenters. The summed E-state index contributed by atoms with van der Waals surface area (Å²) in [6.07, 6.45) is 5.38. The molecule has 2 unspecified atom stereocenters. The number of ketones is 1. The topological polar surface area (TPSA) is 104 Å². The third kappa shape index (κ3) is 4.14. The van der Waals surface area contributed by atoms with Crippen molar-refractivity contribution in [3.63, 3.8) is 0 Å². The summed E-state index contributed by atoms with van der Waals surface area (Å²) in [4.78, 5) is 34.5. The number of aromatic nitrogens is 1. The van der Waals surface area contributed by atoms with Crippen molar-refractivity contribution in [2.24, 2.45) is 16.6 Å². The standard InChI is InChI=1S/C20H25N3O4/c1-2-27-20(25)19-15(12-26-10-8-21)23-14-6-3-7-16(24)18(14)17(19)13-5-4-9-22-11-13/h4-5,9,11,17-18H,2-3,6-8,10,12,21H2,1H3. The van der Waals surface area contributed by atoms with Crippen molar-refractivity contribution in [1.82, 2.24) is 4.98 Å². The largest absolute Gasteiger partial charge is 0.463 e. The Labute approximate surface area is 158 Å². The van der Waals surface area contributed by atoms with Crippen LogP contribution in [0.5, 0.6) is 0 Å². The number of hydrogen-bond acceptors (Lipinski definition) is 7. The van der Waals surface area contributed by atoms with E-state index in [9.17, 15) is 9.59 Å². The predicted molar refractivity (Wildman–Crippen MR) is 100 cm³/mol. The van der Waals surface area contributed by atoms with Gasteiger partial charge in [0.15, 0.2) is 0 Å². The van der Waals surface area contributed by atoms with Crippen LogP contribution in [0.2, 0.25) is 0 Å². The maximum absolute atomic E-state index is 12.8. The molecule has 27 heavy (non-hydrogen) atoms. The summed E-state index contributed by atoms with van der Waals surface area (Å²) in [5, 5.41) is 0. The molecule has 2 aliphatic rings. The Bertz CT molecular complexity index is 758. The second-order valence-electron chi connectivity index (χ2n) is 6.59. The van der Waals surface area contributed by atoms with Gasteiger partial charge in [0.25, 0.3) is 0 Å². The summed E-state index contributed by atoms with van der Waals surface area (Å²) >= 11 is 0. The number of aliphatic imine (C=N–C) groups is 1. The highest BCUT2D eigenvalue weighted by atomic mass is 16.5. The van der Waals surface area contributed by atoms with Gasteiger partial charge in [-0.3, -0.25) is 14.8 Å². The van der Waals surface area contributed by atoms with Gasteiger partial charge in [0.2, 0.25) is 0 Å². The first-order chi connectivity index (χ1) is 13.2. The SMILES string of the molecule is CCOC(=O)C1=C(COCCN)N=C2CCCC(=O)C2C1c1cccnc1. The number of nitrogens with two attached hydrogens (primary N) is 1. The lowest BCUT2D eigenvalue weighted by Gasteiger charge is -2.35. The number of nitrogens with zero attached hydrogens (tertiary/aromatic N) is 2. The summed E-state index contributed by atoms with van der Waals surface area (Å²) in [6, 6.07) is 3.70. The Morgan fingerprint density at radius 1 is 1.33 bits per heavy atom. The molecule has 0 saturated heterocycles. The molecule has 2 N–H and O–H groups in total. The maximum Gasteiger partial charge on any atom is 0.336 e. The first-order valence-corrected chi connectivity index (χ1v) is 9.35. The van der Waals surface area contributed by atoms with E-state index in [1.165, 1.54) is 0 Å². The average molecular weight is 371 g/mol. The zero-order valence-electron chi connectivity index (χ0n) is 15.5. The van der Waals surface area contributed by atoms with Crippen molar-refractivity contribution in [2.75, 3.05) is 26.4 Å². The summed E-state index contributed by atoms with van der Waals surface area (Å²) in [7, 11) is 0. The van der Waals surface area contributed by atoms with Crippen LogP contribution < -0.4 is 5.73 Å². The van der Waals surface area contributed by atoms with E-state index in [1.54, 1.807) is 25.4 Å². The van der Waals surface area contributed by atoms with Crippen LogP contribution >= 0.6 is 0 Å². The first kappa shape index (κ1) is 19.4. The van der Waals surface area contributed by atoms with E-state index in [4.69, 9.17) is 15.2 Å². The third-order valence-electron chi connectivity index (χ3n) is 4.84. The molecule has 0 amide bonds. The Kier molecular flexibility index (Phi) is 6.47. The zero-order valence-corrected chi connectivity index (χ0v) is 15.5. The Morgan fingerprint density at radius 2 is 2.19 bits per heavy atom. The van der Waals surface area contributed by atoms with Crippen LogP contribution in [0.3, 0.4) is 0 Å². The average Bonchev–Trinajstić information content (AvgIpc) is 2.68. The van der Waals surface area contributed by atoms with E-state index in [-0.39, 0.29) is 19.0 Å². The van der Waals surface area contributed by atoms with E-state index < -0.39 is 17.8 Å². The van der Waals surface area contributed by atoms with Crippen molar-refractivity contribution in [3.8, 4) is 0 Å². The monoisotopic (exact) mass is 371 g/mol. The Hall–Kier alpha value is -2.38. The second-order valence-corrected chi connectivity index (χ2v) is 6.59. The van der Waals surface area contributed by atoms with Gasteiger partial charge in [0.1, 0.15) is 5.78 Å². The fraction of sp³-hybridized carbons (Fsp3) is 0.500. The summed E-state index contributed by atoms with van der Waals surface area (Å²) in [6.45, 7) is 2.91. The van der Waals surface area contributed by atoms with Crippen molar-refractivity contribution in [1.29, 1.82) is 0 Å². The Balaban J connectivity index is 2.11. The first-order valence-electron chi connectivity index (χ1n) is 9.35. The van der Waals surface area contributed by atoms with Crippen LogP contribution in [-0.4, -0.2) is 48.8 Å². The number of carbonyl (C=O) groups is 2. The van der Waals surface area contributed by atoms with Crippen LogP contribution in [0.25, 0.3) is 0 Å². The van der Waals surface area contributed by atoms with Crippen molar-refractivity contribution < 1.29 is 19.1 Å². The quantitative estimate of drug-likeness (QED) is 0.579. The zero-order chi connectivity index (χ0) is 19.2. The van der Waals surface area contributed by atoms with Gasteiger partial charge in [-0.2, -0.15) is 0 Å². The normalized spacial score (nSPS) is 22.3. The van der Waals surface area contributed by atoms with Crippen LogP contribution in [0.1, 0.15) is 37.7 Å². The minimum absolute atomic E-state index is 0.109. The molecule has 1 fully saturated rings. The predicted octanol–water partition coefficient (Wildman–Crippen LogP) is 1.78. The number of carbonyl (C=O) groups excluding carboxylic acids is 2. The smallest absolute Gasteiger partial charge is 0.336 e. The van der Waals surface area contributed by atoms with Crippen LogP contribution in [0.4, 0.5) is 0 Å². The fourth-order valence-electron chi connectivity index (χ4n) is 3.76. The number of fused-ring (bicyclic) bond motifs is 1. The lowest BCUT2D eigenvalue weighted by molar-refractivity contribution is -0.139. The molecule has 1 saturated carbocycles. The molecular weight excluding hydrogens is 346 g/mol. The molecule has 1 aromatic heterocycles. The number of Topliss-reactive ketones (excluding diaryl/α,β-unsaturated/α-hetero) is 1. The van der Waals surface area contributed by atoms with Gasteiger partial charge in [-0.05, 0) is 31.4 Å². The lowest BCUT2D eigenvalue weighted by atomic mass is 9.69. The summed E-state index contributed by atoms with van der Waals surface area (Å²) in [5.41, 5.74) is 8.06. The summed E-state index contributed by atoms with van der Waals surface area (Å²) in [5.74, 6) is -1.24. The number of pyridine rings is 1. The van der Waals surface area contributed by atoms with E-state index in [2.05, 4.69) is 9.98 Å². The van der Waals surface area contributed by atoms with Gasteiger partial charge in [-0.1, -0.05) is 6.07 Å². The van der Waals surface area contributed by atoms with E-state index in [1.807, 2.05) is 6.07 Å². The minimum atomic E-state index is -0.459. The molecule has 7 heteroatoms. The number of esters is 1. The lowest BCUT2D eigenvalue weighted by Crippen LogP contribution is -2.39. The van der Waals surface area contributed by atoms with Gasteiger partial charge >= 0.3 is 5.97 Å². The minimum Gasteiger partial charge on any atom is -0.463 e. The fourth-order valence-corrected chi connectivity index (χ4v) is 3.76. The second kappa shape index (κ2) is 9.01. The third-order valence-corrected chi connectivity index (χ3v) is 4.84. The van der Waals surface area contributed by atoms with Crippen molar-refractivity contribution in [3.05, 3.63) is 41.4 Å². The van der Waals surface area contributed by atoms with Crippen LogP contribution in [0, 0.1) is 5.92 Å².